The Bertz CT molecular complexity index is 4530. The van der Waals surface area contributed by atoms with Gasteiger partial charge in [0.25, 0.3) is 5.91 Å². The van der Waals surface area contributed by atoms with E-state index in [-0.39, 0.29) is 31.9 Å². The number of aliphatic carboxylic acids is 1. The number of benzene rings is 15. The molecule has 570 valence electrons. The van der Waals surface area contributed by atoms with Gasteiger partial charge in [0.05, 0.1) is 11.3 Å². The summed E-state index contributed by atoms with van der Waals surface area (Å²) in [6, 6.07) is 143. The molecule has 1 aliphatic carbocycles. The number of carbonyl (C=O) groups is 3. The van der Waals surface area contributed by atoms with Crippen molar-refractivity contribution in [2.45, 2.75) is 52.0 Å². The summed E-state index contributed by atoms with van der Waals surface area (Å²) in [5, 5.41) is 36.8. The van der Waals surface area contributed by atoms with Gasteiger partial charge in [-0.05, 0) is 180 Å². The number of fused-ring (bicyclic) bond motifs is 1. The molecule has 4 N–H and O–H groups in total. The third-order valence-electron chi connectivity index (χ3n) is 19.3. The minimum atomic E-state index is -1.04. The van der Waals surface area contributed by atoms with Crippen LogP contribution in [0.2, 0.25) is 0 Å². The third-order valence-corrected chi connectivity index (χ3v) is 29.0. The fourth-order valence-electron chi connectivity index (χ4n) is 13.9. The van der Waals surface area contributed by atoms with E-state index in [1.807, 2.05) is 50.2 Å². The maximum Gasteiger partial charge on any atom is 0.326 e. The van der Waals surface area contributed by atoms with Gasteiger partial charge in [-0.1, -0.05) is 420 Å². The second-order valence-electron chi connectivity index (χ2n) is 27.1. The van der Waals surface area contributed by atoms with Gasteiger partial charge >= 0.3 is 12.0 Å². The van der Waals surface area contributed by atoms with Gasteiger partial charge in [0.15, 0.2) is 0 Å². The molecule has 114 heavy (non-hydrogen) atoms. The van der Waals surface area contributed by atoms with Crippen molar-refractivity contribution in [1.82, 2.24) is 5.32 Å². The Hall–Kier alpha value is -11.1. The molecular weight excluding hydrogens is 1560 g/mol. The van der Waals surface area contributed by atoms with Gasteiger partial charge < -0.3 is 21.1 Å². The molecule has 0 radical (unpaired) electrons. The van der Waals surface area contributed by atoms with E-state index >= 15 is 0 Å². The number of carboxylic acid groups (broad SMARTS) is 1. The predicted octanol–water partition coefficient (Wildman–Crippen LogP) is 20.3. The minimum absolute atomic E-state index is 0. The van der Waals surface area contributed by atoms with E-state index in [4.69, 9.17) is 0 Å². The molecule has 15 aromatic carbocycles. The molecule has 1 fully saturated rings. The van der Waals surface area contributed by atoms with Crippen LogP contribution in [0.4, 0.5) is 16.2 Å². The van der Waals surface area contributed by atoms with Crippen LogP contribution < -0.4 is 79.6 Å². The summed E-state index contributed by atoms with van der Waals surface area (Å²) in [7, 11) is -1.78. The van der Waals surface area contributed by atoms with Crippen molar-refractivity contribution in [3.63, 3.8) is 0 Å². The van der Waals surface area contributed by atoms with Crippen LogP contribution in [0.3, 0.4) is 0 Å². The van der Waals surface area contributed by atoms with Crippen molar-refractivity contribution in [3.05, 3.63) is 441 Å². The van der Waals surface area contributed by atoms with Gasteiger partial charge in [-0.3, -0.25) is 4.79 Å². The Balaban J connectivity index is 0.000000145. The van der Waals surface area contributed by atoms with Crippen molar-refractivity contribution in [2.24, 2.45) is 5.92 Å². The largest absolute Gasteiger partial charge is 0.480 e. The van der Waals surface area contributed by atoms with Crippen LogP contribution in [0.5, 0.6) is 0 Å². The van der Waals surface area contributed by atoms with Gasteiger partial charge in [0.1, 0.15) is 6.04 Å². The summed E-state index contributed by atoms with van der Waals surface area (Å²) in [6.45, 7) is 7.61. The molecule has 3 amide bonds. The van der Waals surface area contributed by atoms with Gasteiger partial charge in [-0.2, -0.15) is 0 Å². The van der Waals surface area contributed by atoms with Gasteiger partial charge in [0, 0.05) is 26.1 Å². The molecule has 7 nitrogen and oxygen atoms in total. The summed E-state index contributed by atoms with van der Waals surface area (Å²) in [6.07, 6.45) is 6.29. The summed E-state index contributed by atoms with van der Waals surface area (Å²) < 4.78 is 0. The number of nitrogens with one attached hydrogen (secondary N) is 3. The number of carbonyl (C=O) groups excluding carboxylic acids is 2. The molecule has 0 heterocycles. The van der Waals surface area contributed by atoms with Gasteiger partial charge in [0.2, 0.25) is 0 Å². The normalized spacial score (nSPS) is 11.8. The van der Waals surface area contributed by atoms with E-state index < -0.39 is 55.6 Å². The fourth-order valence-corrected chi connectivity index (χ4v) is 23.1. The Morgan fingerprint density at radius 2 is 0.579 bits per heavy atom. The zero-order valence-electron chi connectivity index (χ0n) is 64.0. The van der Waals surface area contributed by atoms with Crippen molar-refractivity contribution in [1.29, 1.82) is 0 Å². The zero-order valence-corrected chi connectivity index (χ0v) is 69.1. The van der Waals surface area contributed by atoms with E-state index in [1.165, 1.54) is 63.7 Å². The van der Waals surface area contributed by atoms with Crippen LogP contribution in [-0.4, -0.2) is 29.1 Å². The Morgan fingerprint density at radius 1 is 0.342 bits per heavy atom. The first-order valence-electron chi connectivity index (χ1n) is 38.3. The van der Waals surface area contributed by atoms with E-state index in [0.29, 0.717) is 11.4 Å². The molecule has 1 aliphatic rings. The van der Waals surface area contributed by atoms with Crippen molar-refractivity contribution >= 4 is 141 Å². The summed E-state index contributed by atoms with van der Waals surface area (Å²) in [5.41, 5.74) is 3.93. The number of anilines is 2. The molecule has 12 heteroatoms. The number of aryl methyl sites for hydroxylation is 2. The maximum atomic E-state index is 13.4. The number of rotatable bonds is 19. The van der Waals surface area contributed by atoms with Crippen LogP contribution in [0.1, 0.15) is 59.2 Å². The smallest absolute Gasteiger partial charge is 0.326 e. The van der Waals surface area contributed by atoms with E-state index in [0.717, 1.165) is 59.6 Å². The zero-order chi connectivity index (χ0) is 78.2. The summed E-state index contributed by atoms with van der Waals surface area (Å²) in [4.78, 5) is 38.5. The van der Waals surface area contributed by atoms with Crippen LogP contribution >= 0.6 is 31.7 Å². The molecule has 1 saturated carbocycles. The molecule has 0 saturated heterocycles. The van der Waals surface area contributed by atoms with Crippen LogP contribution in [0.15, 0.2) is 419 Å². The van der Waals surface area contributed by atoms with Crippen molar-refractivity contribution < 1.29 is 39.9 Å². The van der Waals surface area contributed by atoms with Crippen molar-refractivity contribution in [2.75, 3.05) is 10.6 Å². The third kappa shape index (κ3) is 23.7. The molecule has 16 rings (SSSR count). The van der Waals surface area contributed by atoms with E-state index in [2.05, 4.69) is 387 Å². The summed E-state index contributed by atoms with van der Waals surface area (Å²) in [5.74, 6) is -1.68. The number of amides is 3. The second kappa shape index (κ2) is 44.4. The Kier molecular flexibility index (Phi) is 32.6. The van der Waals surface area contributed by atoms with Gasteiger partial charge in [-0.15, -0.1) is 0 Å². The fraction of sp³-hybridized carbons (Fsp3) is 0.0882. The number of hydrogen-bond acceptors (Lipinski definition) is 3. The number of carboxylic acids is 1. The first kappa shape index (κ1) is 83.8. The maximum absolute atomic E-state index is 13.4. The SMILES string of the molecule is C=Cc1cc(C)c(NC(=O)Nc2cc3ccccc3cc2C(=O)NC(C(=O)O)C2CCCCC2)c(C)c1.[Pd].c1ccc(P(c2ccccc2)c2ccccc2)cc1.c1ccc(P(c2ccccc2)c2ccccc2)cc1.c1ccc(P(c2ccccc2)c2ccccc2)cc1.c1ccc(P(c2ccccc2)c2ccccc2)cc1. The molecule has 0 bridgehead atoms. The first-order valence-corrected chi connectivity index (χ1v) is 43.6. The molecule has 0 aromatic heterocycles. The molecule has 1 unspecified atom stereocenters. The van der Waals surface area contributed by atoms with E-state index in [9.17, 15) is 19.5 Å². The summed E-state index contributed by atoms with van der Waals surface area (Å²) >= 11 is 0. The second-order valence-corrected chi connectivity index (χ2v) is 36.0. The molecule has 0 aliphatic heterocycles. The monoisotopic (exact) mass is 1650 g/mol. The topological polar surface area (TPSA) is 108 Å². The van der Waals surface area contributed by atoms with Crippen LogP contribution in [0.25, 0.3) is 16.8 Å². The van der Waals surface area contributed by atoms with E-state index in [1.54, 1.807) is 18.2 Å². The average Bonchev–Trinajstić information content (AvgIpc) is 0.495. The van der Waals surface area contributed by atoms with Crippen LogP contribution in [-0.2, 0) is 25.2 Å². The molecule has 1 atom stereocenters. The molecule has 15 aromatic rings. The van der Waals surface area contributed by atoms with Crippen LogP contribution in [0, 0.1) is 19.8 Å². The number of urea groups is 1. The predicted molar refractivity (Wildman–Crippen MR) is 489 cm³/mol. The first-order chi connectivity index (χ1) is 55.6. The quantitative estimate of drug-likeness (QED) is 0.0478. The van der Waals surface area contributed by atoms with Crippen molar-refractivity contribution in [3.8, 4) is 0 Å². The number of hydrogen-bond donors (Lipinski definition) is 4. The molecular formula is C102H93N3O4P4Pd. The van der Waals surface area contributed by atoms with Gasteiger partial charge in [-0.25, -0.2) is 9.59 Å². The minimum Gasteiger partial charge on any atom is -0.480 e. The standard InChI is InChI=1S/C30H33N3O4.4C18H15P.Pd/c1-4-20-14-18(2)26(19(3)15-20)33-30(37)31-25-17-23-13-9-8-12-22(23)16-24(25)28(34)32-27(29(35)36)21-10-6-5-7-11-21;4*1-4-10-16(11-5-1)19(17-12-6-2-7-13-17)18-14-8-3-9-15-18;/h4,8-9,12-17,21,27H,1,5-7,10-11H2,2-3H3,(H,32,34)(H,35,36)(H2,31,33,37);4*1-15H;. The Labute approximate surface area is 691 Å². The average molecular weight is 1660 g/mol. The Morgan fingerprint density at radius 3 is 0.816 bits per heavy atom. The molecule has 0 spiro atoms.